The van der Waals surface area contributed by atoms with Crippen molar-refractivity contribution < 1.29 is 26.9 Å². The van der Waals surface area contributed by atoms with E-state index < -0.39 is 0 Å². The zero-order chi connectivity index (χ0) is 21.4. The third-order valence-corrected chi connectivity index (χ3v) is 5.15. The van der Waals surface area contributed by atoms with Crippen LogP contribution in [0.1, 0.15) is 69.9 Å². The summed E-state index contributed by atoms with van der Waals surface area (Å²) in [6.45, 7) is 4.46. The molecule has 3 rings (SSSR count). The van der Waals surface area contributed by atoms with E-state index >= 15 is 0 Å². The van der Waals surface area contributed by atoms with Gasteiger partial charge in [0.15, 0.2) is 0 Å². The van der Waals surface area contributed by atoms with Crippen molar-refractivity contribution in [3.05, 3.63) is 95.5 Å². The van der Waals surface area contributed by atoms with Gasteiger partial charge in [-0.1, -0.05) is 95.2 Å². The Kier molecular flexibility index (Phi) is 14.4. The molecule has 31 heavy (non-hydrogen) atoms. The molecule has 3 heteroatoms. The van der Waals surface area contributed by atoms with Crippen LogP contribution in [-0.2, 0) is 29.9 Å². The van der Waals surface area contributed by atoms with E-state index in [-0.39, 0.29) is 23.0 Å². The second kappa shape index (κ2) is 16.6. The molecule has 0 N–H and O–H groups in total. The van der Waals surface area contributed by atoms with Crippen molar-refractivity contribution in [2.45, 2.75) is 71.6 Å². The second-order valence-electron chi connectivity index (χ2n) is 7.77. The van der Waals surface area contributed by atoms with E-state index in [0.29, 0.717) is 11.3 Å². The van der Waals surface area contributed by atoms with Gasteiger partial charge >= 0.3 is 17.1 Å². The smallest absolute Gasteiger partial charge is 0.579 e. The Bertz CT molecular complexity index is 769. The van der Waals surface area contributed by atoms with Gasteiger partial charge in [-0.15, -0.1) is 0 Å². The molecule has 0 unspecified atom stereocenters. The van der Waals surface area contributed by atoms with Gasteiger partial charge in [0.25, 0.3) is 0 Å². The minimum Gasteiger partial charge on any atom is -0.579 e. The van der Waals surface area contributed by atoms with Gasteiger partial charge < -0.3 is 9.84 Å². The maximum atomic E-state index is 11.8. The number of benzene rings is 1. The van der Waals surface area contributed by atoms with E-state index in [9.17, 15) is 5.11 Å². The van der Waals surface area contributed by atoms with Gasteiger partial charge in [0.05, 0.1) is 5.95 Å². The summed E-state index contributed by atoms with van der Waals surface area (Å²) >= 11 is 0. The molecule has 0 spiro atoms. The molecule has 0 radical (unpaired) electrons. The fourth-order valence-electron chi connectivity index (χ4n) is 3.29. The summed E-state index contributed by atoms with van der Waals surface area (Å²) in [5.41, 5.74) is 3.38. The maximum Gasteiger partial charge on any atom is 2.00 e. The van der Waals surface area contributed by atoms with E-state index in [0.717, 1.165) is 6.42 Å². The van der Waals surface area contributed by atoms with Gasteiger partial charge in [0, 0.05) is 5.75 Å². The molecule has 2 aromatic rings. The molecule has 0 atom stereocenters. The molecule has 1 aliphatic carbocycles. The molecule has 0 saturated heterocycles. The van der Waals surface area contributed by atoms with Crippen LogP contribution in [0.5, 0.6) is 5.75 Å². The standard InChI is InChI=1S/C19H24O2.C9H13.Fe/c1-2-3-4-5-6-9-16-12-14-18(15-13-16)21-19(20)17-10-7-8-11-17;1-2-3-6-9-7-4-5-8-9;/h7-8,10-15,20H,2-6,9H2,1H3;4-5,7-8H,2-3,6H2,1H3;/q;-1;+2/p-1. The van der Waals surface area contributed by atoms with Crippen LogP contribution in [0.3, 0.4) is 0 Å². The molecule has 0 fully saturated rings. The SMILES string of the molecule is CCCCCCCc1ccc(OC([O-])=C2C=CC=C2)cc1.CCCCc1ccc[cH-]1.[Fe+2]. The van der Waals surface area contributed by atoms with Crippen LogP contribution in [0.25, 0.3) is 0 Å². The molecular weight excluding hydrogens is 424 g/mol. The van der Waals surface area contributed by atoms with Crippen molar-refractivity contribution in [1.29, 1.82) is 0 Å². The van der Waals surface area contributed by atoms with Gasteiger partial charge in [0.1, 0.15) is 0 Å². The minimum absolute atomic E-state index is 0. The monoisotopic (exact) mass is 460 g/mol. The van der Waals surface area contributed by atoms with Gasteiger partial charge in [-0.05, 0) is 36.1 Å². The number of unbranched alkanes of at least 4 members (excludes halogenated alkanes) is 5. The summed E-state index contributed by atoms with van der Waals surface area (Å²) in [7, 11) is 0. The summed E-state index contributed by atoms with van der Waals surface area (Å²) in [5, 5.41) is 11.8. The van der Waals surface area contributed by atoms with Crippen LogP contribution in [0.2, 0.25) is 0 Å². The number of hydrogen-bond acceptors (Lipinski definition) is 2. The molecule has 0 amide bonds. The fraction of sp³-hybridized carbons (Fsp3) is 0.393. The zero-order valence-corrected chi connectivity index (χ0v) is 20.1. The van der Waals surface area contributed by atoms with Gasteiger partial charge in [-0.3, -0.25) is 0 Å². The largest absolute Gasteiger partial charge is 2.00 e. The van der Waals surface area contributed by atoms with Crippen molar-refractivity contribution >= 4 is 0 Å². The van der Waals surface area contributed by atoms with Crippen LogP contribution >= 0.6 is 0 Å². The van der Waals surface area contributed by atoms with Crippen molar-refractivity contribution in [3.8, 4) is 5.75 Å². The number of ether oxygens (including phenoxy) is 1. The van der Waals surface area contributed by atoms with Crippen molar-refractivity contribution in [2.75, 3.05) is 0 Å². The average Bonchev–Trinajstić information content (AvgIpc) is 3.48. The van der Waals surface area contributed by atoms with Crippen LogP contribution in [0.15, 0.2) is 84.4 Å². The average molecular weight is 460 g/mol. The third-order valence-electron chi connectivity index (χ3n) is 5.15. The number of rotatable bonds is 11. The Balaban J connectivity index is 0.000000404. The fourth-order valence-corrected chi connectivity index (χ4v) is 3.29. The Hall–Kier alpha value is -2.09. The first-order valence-electron chi connectivity index (χ1n) is 11.5. The summed E-state index contributed by atoms with van der Waals surface area (Å²) in [4.78, 5) is 0. The summed E-state index contributed by atoms with van der Waals surface area (Å²) in [5.74, 6) is 0.309. The second-order valence-corrected chi connectivity index (χ2v) is 7.77. The number of hydrogen-bond donors (Lipinski definition) is 0. The van der Waals surface area contributed by atoms with Crippen LogP contribution < -0.4 is 9.84 Å². The summed E-state index contributed by atoms with van der Waals surface area (Å²) < 4.78 is 5.33. The Morgan fingerprint density at radius 3 is 2.13 bits per heavy atom. The third kappa shape index (κ3) is 11.2. The van der Waals surface area contributed by atoms with E-state index in [1.165, 1.54) is 62.5 Å². The number of aryl methyl sites for hydroxylation is 2. The quantitative estimate of drug-likeness (QED) is 0.156. The van der Waals surface area contributed by atoms with E-state index in [4.69, 9.17) is 4.74 Å². The maximum absolute atomic E-state index is 11.8. The topological polar surface area (TPSA) is 32.3 Å². The summed E-state index contributed by atoms with van der Waals surface area (Å²) in [6.07, 6.45) is 18.6. The first-order valence-corrected chi connectivity index (χ1v) is 11.5. The first-order chi connectivity index (χ1) is 14.7. The van der Waals surface area contributed by atoms with Crippen molar-refractivity contribution in [3.63, 3.8) is 0 Å². The molecule has 2 nitrogen and oxygen atoms in total. The molecule has 1 aliphatic rings. The first kappa shape index (κ1) is 26.9. The van der Waals surface area contributed by atoms with Gasteiger partial charge in [-0.2, -0.15) is 17.7 Å². The van der Waals surface area contributed by atoms with Crippen molar-refractivity contribution in [1.82, 2.24) is 0 Å². The van der Waals surface area contributed by atoms with Gasteiger partial charge in [-0.25, -0.2) is 12.1 Å². The molecule has 2 aromatic carbocycles. The molecule has 168 valence electrons. The summed E-state index contributed by atoms with van der Waals surface area (Å²) in [6, 6.07) is 16.4. The molecule has 0 heterocycles. The molecule has 0 aromatic heterocycles. The van der Waals surface area contributed by atoms with Crippen molar-refractivity contribution in [2.24, 2.45) is 0 Å². The molecule has 0 saturated carbocycles. The van der Waals surface area contributed by atoms with Gasteiger partial charge in [0.2, 0.25) is 0 Å². The van der Waals surface area contributed by atoms with Crippen LogP contribution in [-0.4, -0.2) is 0 Å². The normalized spacial score (nSPS) is 11.6. The zero-order valence-electron chi connectivity index (χ0n) is 19.0. The Morgan fingerprint density at radius 1 is 0.839 bits per heavy atom. The van der Waals surface area contributed by atoms with Crippen LogP contribution in [0, 0.1) is 0 Å². The van der Waals surface area contributed by atoms with Crippen LogP contribution in [0.4, 0.5) is 0 Å². The Morgan fingerprint density at radius 2 is 1.52 bits per heavy atom. The molecular formula is C28H36FeO2. The predicted octanol–water partition coefficient (Wildman–Crippen LogP) is 7.02. The molecule has 0 aliphatic heterocycles. The number of allylic oxidation sites excluding steroid dienone is 5. The van der Waals surface area contributed by atoms with E-state index in [1.807, 2.05) is 36.4 Å². The van der Waals surface area contributed by atoms with E-state index in [2.05, 4.69) is 38.1 Å². The van der Waals surface area contributed by atoms with E-state index in [1.54, 1.807) is 12.2 Å². The molecule has 0 bridgehead atoms. The predicted molar refractivity (Wildman–Crippen MR) is 125 cm³/mol. The minimum atomic E-state index is -0.299. The Labute approximate surface area is 199 Å².